The van der Waals surface area contributed by atoms with E-state index in [4.69, 9.17) is 9.47 Å². The summed E-state index contributed by atoms with van der Waals surface area (Å²) in [6, 6.07) is 18.5. The van der Waals surface area contributed by atoms with Crippen LogP contribution in [0.25, 0.3) is 0 Å². The van der Waals surface area contributed by atoms with E-state index in [0.717, 1.165) is 32.4 Å². The Balaban J connectivity index is 1.08. The molecule has 3 heterocycles. The zero-order valence-corrected chi connectivity index (χ0v) is 27.9. The number of nitro benzene ring substituents is 1. The largest absolute Gasteiger partial charge is 0.493 e. The van der Waals surface area contributed by atoms with Crippen LogP contribution in [0, 0.1) is 46.6 Å². The number of nitrogens with one attached hydrogen (secondary N) is 2. The SMILES string of the molecule is COc1cc([C@@H]2c3sc(=O)[nH]c3S[C@@H]3[C@@H]4C[C@@H]([C@@H]5C(=O)N(c6ccc([N+](=O)[O-])cc6)C(=O)[C@@H]45)[C@H]23)ccc1OCC(=O)Nc1cccc(C)c1. The van der Waals surface area contributed by atoms with Crippen LogP contribution in [0.4, 0.5) is 17.1 Å². The number of fused-ring (bicyclic) bond motifs is 9. The molecular formula is C35H30N4O8S2. The van der Waals surface area contributed by atoms with Gasteiger partial charge in [-0.05, 0) is 78.6 Å². The molecule has 4 aromatic rings. The first kappa shape index (κ1) is 31.3. The van der Waals surface area contributed by atoms with E-state index in [1.165, 1.54) is 36.3 Å². The van der Waals surface area contributed by atoms with Crippen LogP contribution in [-0.2, 0) is 14.4 Å². The number of amides is 3. The van der Waals surface area contributed by atoms with Gasteiger partial charge in [0.2, 0.25) is 11.8 Å². The molecule has 8 rings (SSSR count). The molecule has 2 aliphatic heterocycles. The van der Waals surface area contributed by atoms with Gasteiger partial charge in [-0.2, -0.15) is 0 Å². The van der Waals surface area contributed by atoms with Crippen LogP contribution in [0.1, 0.15) is 28.3 Å². The maximum Gasteiger partial charge on any atom is 0.305 e. The molecular weight excluding hydrogens is 669 g/mol. The predicted molar refractivity (Wildman–Crippen MR) is 182 cm³/mol. The Morgan fingerprint density at radius 3 is 2.49 bits per heavy atom. The number of hydrogen-bond acceptors (Lipinski definition) is 10. The van der Waals surface area contributed by atoms with Crippen molar-refractivity contribution in [3.8, 4) is 11.5 Å². The summed E-state index contributed by atoms with van der Waals surface area (Å²) in [6.45, 7) is 1.71. The van der Waals surface area contributed by atoms with Crippen molar-refractivity contribution in [1.82, 2.24) is 4.98 Å². The van der Waals surface area contributed by atoms with Crippen LogP contribution < -0.4 is 24.6 Å². The van der Waals surface area contributed by atoms with Crippen LogP contribution in [0.5, 0.6) is 11.5 Å². The molecule has 3 fully saturated rings. The number of methoxy groups -OCH3 is 1. The summed E-state index contributed by atoms with van der Waals surface area (Å²) in [4.78, 5) is 68.8. The fraction of sp³-hybridized carbons (Fsp3) is 0.314. The van der Waals surface area contributed by atoms with Crippen LogP contribution in [0.3, 0.4) is 0 Å². The van der Waals surface area contributed by atoms with E-state index in [9.17, 15) is 29.3 Å². The molecule has 0 spiro atoms. The lowest BCUT2D eigenvalue weighted by Gasteiger charge is -2.43. The third kappa shape index (κ3) is 5.12. The lowest BCUT2D eigenvalue weighted by atomic mass is 9.68. The Bertz CT molecular complexity index is 2100. The molecule has 2 N–H and O–H groups in total. The minimum atomic E-state index is -0.523. The standard InChI is InChI=1S/C35H30N4O8S2/c1-16-4-3-5-18(12-16)36-25(40)15-47-23-11-6-17(13-24(23)46-2)26-27-21-14-22(30(27)48-32-31(26)49-35(43)37-32)29-28(21)33(41)38(34(29)42)19-7-9-20(10-8-19)39(44)45/h3-13,21-22,26-30H,14-15H2,1-2H3,(H,36,40)(H,37,43)/t21-,22-,26+,27-,28+,29+,30-/m1/s1. The lowest BCUT2D eigenvalue weighted by Crippen LogP contribution is -2.42. The van der Waals surface area contributed by atoms with Gasteiger partial charge in [-0.1, -0.05) is 29.5 Å². The highest BCUT2D eigenvalue weighted by Gasteiger charge is 2.69. The molecule has 250 valence electrons. The number of aromatic amines is 1. The second-order valence-electron chi connectivity index (χ2n) is 12.9. The van der Waals surface area contributed by atoms with Gasteiger partial charge in [-0.15, -0.1) is 11.8 Å². The lowest BCUT2D eigenvalue weighted by molar-refractivity contribution is -0.384. The van der Waals surface area contributed by atoms with Gasteiger partial charge in [-0.25, -0.2) is 0 Å². The molecule has 49 heavy (non-hydrogen) atoms. The van der Waals surface area contributed by atoms with E-state index in [0.29, 0.717) is 29.3 Å². The number of non-ortho nitro benzene ring substituents is 1. The third-order valence-electron chi connectivity index (χ3n) is 10.3. The number of carbonyl (C=O) groups excluding carboxylic acids is 3. The van der Waals surface area contributed by atoms with Gasteiger partial charge in [0.05, 0.1) is 34.6 Å². The maximum absolute atomic E-state index is 14.0. The molecule has 3 aromatic carbocycles. The van der Waals surface area contributed by atoms with Crippen molar-refractivity contribution in [3.05, 3.63) is 103 Å². The first-order valence-corrected chi connectivity index (χ1v) is 17.5. The van der Waals surface area contributed by atoms with Crippen molar-refractivity contribution in [3.63, 3.8) is 0 Å². The maximum atomic E-state index is 14.0. The summed E-state index contributed by atoms with van der Waals surface area (Å²) in [5.74, 6) is -1.56. The number of carbonyl (C=O) groups is 3. The number of rotatable bonds is 8. The summed E-state index contributed by atoms with van der Waals surface area (Å²) in [6.07, 6.45) is 0.716. The van der Waals surface area contributed by atoms with Gasteiger partial charge in [0, 0.05) is 33.9 Å². The van der Waals surface area contributed by atoms with Gasteiger partial charge in [0.25, 0.3) is 11.6 Å². The second-order valence-corrected chi connectivity index (χ2v) is 15.1. The monoisotopic (exact) mass is 698 g/mol. The van der Waals surface area contributed by atoms with Crippen molar-refractivity contribution in [2.45, 2.75) is 29.5 Å². The number of thiazole rings is 1. The highest BCUT2D eigenvalue weighted by molar-refractivity contribution is 8.00. The quantitative estimate of drug-likeness (QED) is 0.140. The number of H-pyrrole nitrogens is 1. The van der Waals surface area contributed by atoms with Crippen molar-refractivity contribution in [2.24, 2.45) is 29.6 Å². The first-order valence-electron chi connectivity index (χ1n) is 15.8. The number of nitro groups is 1. The molecule has 2 aliphatic carbocycles. The smallest absolute Gasteiger partial charge is 0.305 e. The van der Waals surface area contributed by atoms with Gasteiger partial charge < -0.3 is 19.8 Å². The molecule has 1 aromatic heterocycles. The minimum Gasteiger partial charge on any atom is -0.493 e. The Hall–Kier alpha value is -4.95. The Morgan fingerprint density at radius 1 is 1.02 bits per heavy atom. The molecule has 7 atom stereocenters. The molecule has 14 heteroatoms. The van der Waals surface area contributed by atoms with E-state index in [1.54, 1.807) is 23.9 Å². The van der Waals surface area contributed by atoms with Crippen molar-refractivity contribution < 1.29 is 28.8 Å². The molecule has 12 nitrogen and oxygen atoms in total. The van der Waals surface area contributed by atoms with E-state index in [2.05, 4.69) is 10.3 Å². The number of thioether (sulfide) groups is 1. The highest BCUT2D eigenvalue weighted by atomic mass is 32.2. The predicted octanol–water partition coefficient (Wildman–Crippen LogP) is 5.36. The minimum absolute atomic E-state index is 0.0187. The zero-order valence-electron chi connectivity index (χ0n) is 26.3. The topological polar surface area (TPSA) is 161 Å². The Morgan fingerprint density at radius 2 is 1.78 bits per heavy atom. The van der Waals surface area contributed by atoms with Gasteiger partial charge in [0.15, 0.2) is 18.1 Å². The fourth-order valence-electron chi connectivity index (χ4n) is 8.43. The van der Waals surface area contributed by atoms with Crippen molar-refractivity contribution >= 4 is 57.9 Å². The van der Waals surface area contributed by atoms with Crippen LogP contribution in [0.2, 0.25) is 0 Å². The zero-order chi connectivity index (χ0) is 34.1. The van der Waals surface area contributed by atoms with E-state index >= 15 is 0 Å². The number of ether oxygens (including phenoxy) is 2. The number of nitrogens with zero attached hydrogens (tertiary/aromatic N) is 2. The first-order chi connectivity index (χ1) is 23.6. The number of aromatic nitrogens is 1. The molecule has 3 amide bonds. The molecule has 2 saturated carbocycles. The number of benzene rings is 3. The van der Waals surface area contributed by atoms with Gasteiger partial charge in [0.1, 0.15) is 0 Å². The summed E-state index contributed by atoms with van der Waals surface area (Å²) in [5, 5.41) is 14.8. The number of anilines is 2. The van der Waals surface area contributed by atoms with E-state index in [-0.39, 0.29) is 63.8 Å². The molecule has 2 bridgehead atoms. The van der Waals surface area contributed by atoms with E-state index in [1.807, 2.05) is 37.3 Å². The normalized spacial score (nSPS) is 26.2. The fourth-order valence-corrected chi connectivity index (χ4v) is 11.3. The van der Waals surface area contributed by atoms with Crippen molar-refractivity contribution in [2.75, 3.05) is 23.9 Å². The van der Waals surface area contributed by atoms with Crippen LogP contribution in [0.15, 0.2) is 76.6 Å². The molecule has 0 unspecified atom stereocenters. The third-order valence-corrected chi connectivity index (χ3v) is 12.8. The number of hydrogen-bond donors (Lipinski definition) is 2. The second kappa shape index (κ2) is 11.9. The molecule has 1 saturated heterocycles. The number of imide groups is 1. The Labute approximate surface area is 288 Å². The summed E-state index contributed by atoms with van der Waals surface area (Å²) < 4.78 is 11.6. The average molecular weight is 699 g/mol. The Kier molecular flexibility index (Phi) is 7.59. The highest BCUT2D eigenvalue weighted by Crippen LogP contribution is 2.68. The molecule has 4 aliphatic rings. The molecule has 0 radical (unpaired) electrons. The summed E-state index contributed by atoms with van der Waals surface area (Å²) >= 11 is 2.74. The van der Waals surface area contributed by atoms with Gasteiger partial charge >= 0.3 is 4.87 Å². The number of aryl methyl sites for hydroxylation is 1. The van der Waals surface area contributed by atoms with Crippen LogP contribution >= 0.6 is 23.1 Å². The average Bonchev–Trinajstić information content (AvgIpc) is 3.82. The van der Waals surface area contributed by atoms with Crippen LogP contribution in [-0.4, -0.2) is 46.6 Å². The summed E-state index contributed by atoms with van der Waals surface area (Å²) in [7, 11) is 1.52. The van der Waals surface area contributed by atoms with Gasteiger partial charge in [-0.3, -0.25) is 34.2 Å². The van der Waals surface area contributed by atoms with Crippen molar-refractivity contribution in [1.29, 1.82) is 0 Å². The van der Waals surface area contributed by atoms with E-state index < -0.39 is 16.8 Å². The summed E-state index contributed by atoms with van der Waals surface area (Å²) in [5.41, 5.74) is 2.79.